The van der Waals surface area contributed by atoms with Crippen LogP contribution >= 0.6 is 0 Å². The van der Waals surface area contributed by atoms with Gasteiger partial charge in [0.25, 0.3) is 0 Å². The molecule has 0 aromatic carbocycles. The zero-order valence-electron chi connectivity index (χ0n) is 11.6. The number of nitrogens with one attached hydrogen (secondary N) is 1. The van der Waals surface area contributed by atoms with E-state index in [2.05, 4.69) is 46.0 Å². The topological polar surface area (TPSA) is 44.3 Å². The molecule has 1 N–H and O–H groups in total. The van der Waals surface area contributed by atoms with Gasteiger partial charge in [-0.15, -0.1) is 0 Å². The molecule has 1 unspecified atom stereocenters. The molecule has 0 saturated carbocycles. The third-order valence-electron chi connectivity index (χ3n) is 3.36. The number of hydrogen-bond acceptors (Lipinski definition) is 5. The van der Waals surface area contributed by atoms with Crippen molar-refractivity contribution in [3.05, 3.63) is 18.0 Å². The molecule has 0 spiro atoms. The Bertz CT molecular complexity index is 364. The lowest BCUT2D eigenvalue weighted by Gasteiger charge is -2.38. The Balaban J connectivity index is 2.00. The Morgan fingerprint density at radius 1 is 1.33 bits per heavy atom. The fraction of sp³-hybridized carbons (Fsp3) is 0.692. The van der Waals surface area contributed by atoms with Crippen molar-refractivity contribution >= 4 is 5.95 Å². The molecule has 0 bridgehead atoms. The van der Waals surface area contributed by atoms with Gasteiger partial charge < -0.3 is 15.1 Å². The van der Waals surface area contributed by atoms with Gasteiger partial charge in [-0.2, -0.15) is 0 Å². The molecule has 18 heavy (non-hydrogen) atoms. The van der Waals surface area contributed by atoms with E-state index in [0.29, 0.717) is 6.04 Å². The van der Waals surface area contributed by atoms with Gasteiger partial charge in [0.15, 0.2) is 0 Å². The Morgan fingerprint density at radius 3 is 2.67 bits per heavy atom. The number of nitrogens with zero attached hydrogens (tertiary/aromatic N) is 4. The van der Waals surface area contributed by atoms with Gasteiger partial charge in [-0.05, 0) is 20.5 Å². The molecule has 1 aromatic rings. The van der Waals surface area contributed by atoms with Crippen molar-refractivity contribution < 1.29 is 0 Å². The minimum Gasteiger partial charge on any atom is -0.336 e. The molecule has 5 nitrogen and oxygen atoms in total. The fourth-order valence-electron chi connectivity index (χ4n) is 2.29. The summed E-state index contributed by atoms with van der Waals surface area (Å²) in [5.41, 5.74) is 1.14. The number of aromatic nitrogens is 2. The molecule has 100 valence electrons. The summed E-state index contributed by atoms with van der Waals surface area (Å²) >= 11 is 0. The molecule has 0 aliphatic carbocycles. The largest absolute Gasteiger partial charge is 0.336 e. The van der Waals surface area contributed by atoms with Crippen molar-refractivity contribution in [2.75, 3.05) is 38.1 Å². The van der Waals surface area contributed by atoms with E-state index in [1.54, 1.807) is 0 Å². The van der Waals surface area contributed by atoms with Crippen LogP contribution in [-0.4, -0.2) is 54.1 Å². The summed E-state index contributed by atoms with van der Waals surface area (Å²) in [7, 11) is 2.16. The van der Waals surface area contributed by atoms with Gasteiger partial charge >= 0.3 is 0 Å². The zero-order chi connectivity index (χ0) is 13.0. The molecule has 1 aliphatic heterocycles. The maximum absolute atomic E-state index is 4.49. The van der Waals surface area contributed by atoms with E-state index in [1.165, 1.54) is 0 Å². The van der Waals surface area contributed by atoms with Crippen LogP contribution in [0.15, 0.2) is 12.4 Å². The minimum absolute atomic E-state index is 0.475. The number of likely N-dealkylation sites (N-methyl/N-ethyl adjacent to an activating group) is 1. The average Bonchev–Trinajstić information content (AvgIpc) is 2.37. The SMILES string of the molecule is CCNCc1cnc(N2CCN(C)CC2C)nc1. The van der Waals surface area contributed by atoms with Crippen LogP contribution in [-0.2, 0) is 6.54 Å². The number of rotatable bonds is 4. The summed E-state index contributed by atoms with van der Waals surface area (Å²) in [6, 6.07) is 0.475. The van der Waals surface area contributed by atoms with E-state index in [4.69, 9.17) is 0 Å². The Kier molecular flexibility index (Phi) is 4.49. The Morgan fingerprint density at radius 2 is 2.06 bits per heavy atom. The molecule has 1 atom stereocenters. The number of anilines is 1. The molecule has 1 aromatic heterocycles. The molecule has 0 radical (unpaired) electrons. The summed E-state index contributed by atoms with van der Waals surface area (Å²) in [5.74, 6) is 0.857. The van der Waals surface area contributed by atoms with E-state index >= 15 is 0 Å². The van der Waals surface area contributed by atoms with E-state index in [-0.39, 0.29) is 0 Å². The van der Waals surface area contributed by atoms with Gasteiger partial charge in [-0.1, -0.05) is 6.92 Å². The van der Waals surface area contributed by atoms with Crippen molar-refractivity contribution in [1.29, 1.82) is 0 Å². The normalized spacial score (nSPS) is 21.3. The predicted octanol–water partition coefficient (Wildman–Crippen LogP) is 0.726. The second-order valence-corrected chi connectivity index (χ2v) is 4.98. The summed E-state index contributed by atoms with van der Waals surface area (Å²) in [4.78, 5) is 13.6. The highest BCUT2D eigenvalue weighted by Gasteiger charge is 2.23. The lowest BCUT2D eigenvalue weighted by atomic mass is 10.2. The van der Waals surface area contributed by atoms with Crippen LogP contribution in [0.1, 0.15) is 19.4 Å². The minimum atomic E-state index is 0.475. The highest BCUT2D eigenvalue weighted by atomic mass is 15.3. The van der Waals surface area contributed by atoms with Crippen LogP contribution in [0.3, 0.4) is 0 Å². The van der Waals surface area contributed by atoms with Crippen LogP contribution < -0.4 is 10.2 Å². The molecular formula is C13H23N5. The summed E-state index contributed by atoms with van der Waals surface area (Å²) in [5, 5.41) is 3.28. The molecule has 1 saturated heterocycles. The highest BCUT2D eigenvalue weighted by Crippen LogP contribution is 2.15. The van der Waals surface area contributed by atoms with Crippen LogP contribution in [0.5, 0.6) is 0 Å². The predicted molar refractivity (Wildman–Crippen MR) is 73.7 cm³/mol. The van der Waals surface area contributed by atoms with Crippen LogP contribution in [0.2, 0.25) is 0 Å². The van der Waals surface area contributed by atoms with Crippen molar-refractivity contribution in [2.45, 2.75) is 26.4 Å². The second-order valence-electron chi connectivity index (χ2n) is 4.98. The van der Waals surface area contributed by atoms with E-state index < -0.39 is 0 Å². The molecule has 5 heteroatoms. The number of piperazine rings is 1. The van der Waals surface area contributed by atoms with Gasteiger partial charge in [-0.25, -0.2) is 9.97 Å². The van der Waals surface area contributed by atoms with Gasteiger partial charge in [0.2, 0.25) is 5.95 Å². The molecule has 1 fully saturated rings. The molecular weight excluding hydrogens is 226 g/mol. The van der Waals surface area contributed by atoms with Crippen molar-refractivity contribution in [3.63, 3.8) is 0 Å². The number of hydrogen-bond donors (Lipinski definition) is 1. The van der Waals surface area contributed by atoms with Gasteiger partial charge in [0.1, 0.15) is 0 Å². The first kappa shape index (κ1) is 13.2. The van der Waals surface area contributed by atoms with Gasteiger partial charge in [0, 0.05) is 50.2 Å². The monoisotopic (exact) mass is 249 g/mol. The first-order valence-corrected chi connectivity index (χ1v) is 6.67. The average molecular weight is 249 g/mol. The summed E-state index contributed by atoms with van der Waals surface area (Å²) < 4.78 is 0. The zero-order valence-corrected chi connectivity index (χ0v) is 11.6. The highest BCUT2D eigenvalue weighted by molar-refractivity contribution is 5.32. The first-order valence-electron chi connectivity index (χ1n) is 6.67. The second kappa shape index (κ2) is 6.11. The smallest absolute Gasteiger partial charge is 0.225 e. The molecule has 2 heterocycles. The third kappa shape index (κ3) is 3.17. The maximum atomic E-state index is 4.49. The quantitative estimate of drug-likeness (QED) is 0.852. The fourth-order valence-corrected chi connectivity index (χ4v) is 2.29. The Labute approximate surface area is 109 Å². The third-order valence-corrected chi connectivity index (χ3v) is 3.36. The van der Waals surface area contributed by atoms with E-state index in [0.717, 1.165) is 44.2 Å². The maximum Gasteiger partial charge on any atom is 0.225 e. The molecule has 2 rings (SSSR count). The van der Waals surface area contributed by atoms with Gasteiger partial charge in [-0.3, -0.25) is 0 Å². The lowest BCUT2D eigenvalue weighted by Crippen LogP contribution is -2.51. The lowest BCUT2D eigenvalue weighted by molar-refractivity contribution is 0.273. The standard InChI is InChI=1S/C13H23N5/c1-4-14-7-12-8-15-13(16-9-12)18-6-5-17(3)10-11(18)2/h8-9,11,14H,4-7,10H2,1-3H3. The van der Waals surface area contributed by atoms with Crippen LogP contribution in [0, 0.1) is 0 Å². The van der Waals surface area contributed by atoms with Crippen molar-refractivity contribution in [2.24, 2.45) is 0 Å². The van der Waals surface area contributed by atoms with Gasteiger partial charge in [0.05, 0.1) is 0 Å². The summed E-state index contributed by atoms with van der Waals surface area (Å²) in [6.45, 7) is 9.29. The summed E-state index contributed by atoms with van der Waals surface area (Å²) in [6.07, 6.45) is 3.85. The van der Waals surface area contributed by atoms with Crippen LogP contribution in [0.4, 0.5) is 5.95 Å². The van der Waals surface area contributed by atoms with Crippen LogP contribution in [0.25, 0.3) is 0 Å². The van der Waals surface area contributed by atoms with E-state index in [1.807, 2.05) is 12.4 Å². The first-order chi connectivity index (χ1) is 8.70. The molecule has 1 aliphatic rings. The van der Waals surface area contributed by atoms with Crippen molar-refractivity contribution in [1.82, 2.24) is 20.2 Å². The van der Waals surface area contributed by atoms with Crippen molar-refractivity contribution in [3.8, 4) is 0 Å². The Hall–Kier alpha value is -1.20. The molecule has 0 amide bonds. The van der Waals surface area contributed by atoms with E-state index in [9.17, 15) is 0 Å².